The molecule has 0 atom stereocenters. The largest absolute Gasteiger partial charge is 0.496 e. The van der Waals surface area contributed by atoms with Crippen molar-refractivity contribution in [1.82, 2.24) is 4.98 Å². The number of hydrogen-bond acceptors (Lipinski definition) is 6. The predicted molar refractivity (Wildman–Crippen MR) is 83.3 cm³/mol. The molecular weight excluding hydrogens is 290 g/mol. The van der Waals surface area contributed by atoms with Crippen molar-refractivity contribution in [3.63, 3.8) is 0 Å². The minimum absolute atomic E-state index is 0.00251. The van der Waals surface area contributed by atoms with E-state index in [1.54, 1.807) is 6.07 Å². The number of nitrogens with one attached hydrogen (secondary N) is 1. The normalized spacial score (nSPS) is 16.0. The minimum Gasteiger partial charge on any atom is -0.496 e. The number of nitrogens with zero attached hydrogens (tertiary/aromatic N) is 2. The fourth-order valence-electron chi connectivity index (χ4n) is 2.73. The van der Waals surface area contributed by atoms with Gasteiger partial charge in [0.25, 0.3) is 5.69 Å². The topological polar surface area (TPSA) is 77.3 Å². The Bertz CT molecular complexity index is 665. The molecule has 1 saturated carbocycles. The number of aromatic nitrogens is 1. The van der Waals surface area contributed by atoms with Crippen LogP contribution in [0.2, 0.25) is 0 Å². The van der Waals surface area contributed by atoms with Gasteiger partial charge in [-0.2, -0.15) is 0 Å². The van der Waals surface area contributed by atoms with Crippen LogP contribution in [0.1, 0.15) is 32.1 Å². The Morgan fingerprint density at radius 1 is 1.38 bits per heavy atom. The van der Waals surface area contributed by atoms with E-state index < -0.39 is 4.92 Å². The maximum atomic E-state index is 11.2. The Kier molecular flexibility index (Phi) is 3.92. The number of thiazole rings is 1. The zero-order valence-corrected chi connectivity index (χ0v) is 12.6. The van der Waals surface area contributed by atoms with Gasteiger partial charge in [0.2, 0.25) is 0 Å². The molecular formula is C14H17N3O3S. The average Bonchev–Trinajstić information content (AvgIpc) is 2.89. The summed E-state index contributed by atoms with van der Waals surface area (Å²) in [6.45, 7) is 0. The zero-order chi connectivity index (χ0) is 14.8. The fraction of sp³-hybridized carbons (Fsp3) is 0.500. The van der Waals surface area contributed by atoms with Crippen LogP contribution < -0.4 is 10.1 Å². The molecule has 0 saturated heterocycles. The van der Waals surface area contributed by atoms with E-state index in [1.165, 1.54) is 43.8 Å². The zero-order valence-electron chi connectivity index (χ0n) is 11.8. The highest BCUT2D eigenvalue weighted by molar-refractivity contribution is 7.22. The lowest BCUT2D eigenvalue weighted by atomic mass is 9.96. The van der Waals surface area contributed by atoms with Gasteiger partial charge in [0.05, 0.1) is 22.8 Å². The number of nitro benzene ring substituents is 1. The third-order valence-corrected chi connectivity index (χ3v) is 4.75. The summed E-state index contributed by atoms with van der Waals surface area (Å²) in [7, 11) is 1.51. The summed E-state index contributed by atoms with van der Waals surface area (Å²) in [5.74, 6) is 0.488. The second kappa shape index (κ2) is 5.85. The van der Waals surface area contributed by atoms with Crippen LogP contribution >= 0.6 is 11.3 Å². The summed E-state index contributed by atoms with van der Waals surface area (Å²) in [6, 6.07) is 3.65. The number of rotatable bonds is 4. The maximum Gasteiger partial charge on any atom is 0.300 e. The molecule has 0 radical (unpaired) electrons. The maximum absolute atomic E-state index is 11.2. The second-order valence-electron chi connectivity index (χ2n) is 5.25. The molecule has 1 aliphatic carbocycles. The Labute approximate surface area is 126 Å². The molecule has 0 aliphatic heterocycles. The molecule has 0 amide bonds. The number of benzene rings is 1. The standard InChI is InChI=1S/C14H17N3O3S/c1-20-10-7-11(17(18)19)13-12(8-10)21-14(16-13)15-9-5-3-2-4-6-9/h7-9H,2-6H2,1H3,(H,15,16). The van der Waals surface area contributed by atoms with E-state index in [9.17, 15) is 10.1 Å². The van der Waals surface area contributed by atoms with Gasteiger partial charge in [-0.15, -0.1) is 0 Å². The average molecular weight is 307 g/mol. The number of non-ortho nitro benzene ring substituents is 1. The van der Waals surface area contributed by atoms with Crippen LogP contribution in [0, 0.1) is 10.1 Å². The second-order valence-corrected chi connectivity index (χ2v) is 6.28. The number of hydrogen-bond donors (Lipinski definition) is 1. The lowest BCUT2D eigenvalue weighted by molar-refractivity contribution is -0.383. The van der Waals surface area contributed by atoms with Gasteiger partial charge < -0.3 is 10.1 Å². The number of methoxy groups -OCH3 is 1. The molecule has 112 valence electrons. The molecule has 1 aromatic heterocycles. The van der Waals surface area contributed by atoms with E-state index in [2.05, 4.69) is 10.3 Å². The number of ether oxygens (including phenoxy) is 1. The van der Waals surface area contributed by atoms with Crippen LogP contribution in [0.25, 0.3) is 10.2 Å². The van der Waals surface area contributed by atoms with Gasteiger partial charge >= 0.3 is 0 Å². The lowest BCUT2D eigenvalue weighted by Crippen LogP contribution is -2.21. The summed E-state index contributed by atoms with van der Waals surface area (Å²) >= 11 is 1.45. The van der Waals surface area contributed by atoms with Gasteiger partial charge in [-0.3, -0.25) is 10.1 Å². The van der Waals surface area contributed by atoms with E-state index in [4.69, 9.17) is 4.74 Å². The highest BCUT2D eigenvalue weighted by Crippen LogP contribution is 2.36. The van der Waals surface area contributed by atoms with Crippen LogP contribution in [0.4, 0.5) is 10.8 Å². The van der Waals surface area contributed by atoms with Gasteiger partial charge in [0, 0.05) is 12.1 Å². The van der Waals surface area contributed by atoms with Crippen molar-refractivity contribution < 1.29 is 9.66 Å². The SMILES string of the molecule is COc1cc([N+](=O)[O-])c2nc(NC3CCCCC3)sc2c1. The van der Waals surface area contributed by atoms with E-state index in [-0.39, 0.29) is 5.69 Å². The van der Waals surface area contributed by atoms with Crippen LogP contribution in [-0.4, -0.2) is 23.1 Å². The molecule has 1 N–H and O–H groups in total. The first-order valence-electron chi connectivity index (χ1n) is 7.07. The van der Waals surface area contributed by atoms with Crippen LogP contribution in [0.15, 0.2) is 12.1 Å². The highest BCUT2D eigenvalue weighted by Gasteiger charge is 2.20. The monoisotopic (exact) mass is 307 g/mol. The van der Waals surface area contributed by atoms with Crippen molar-refractivity contribution in [2.45, 2.75) is 38.1 Å². The molecule has 21 heavy (non-hydrogen) atoms. The van der Waals surface area contributed by atoms with E-state index in [0.29, 0.717) is 17.3 Å². The Hall–Kier alpha value is -1.89. The number of nitro groups is 1. The summed E-state index contributed by atoms with van der Waals surface area (Å²) in [5.41, 5.74) is 0.432. The molecule has 7 heteroatoms. The number of fused-ring (bicyclic) bond motifs is 1. The Morgan fingerprint density at radius 2 is 2.14 bits per heavy atom. The van der Waals surface area contributed by atoms with Crippen molar-refractivity contribution in [3.8, 4) is 5.75 Å². The molecule has 1 aliphatic rings. The molecule has 2 aromatic rings. The summed E-state index contributed by atoms with van der Waals surface area (Å²) < 4.78 is 5.90. The van der Waals surface area contributed by atoms with Crippen LogP contribution in [0.3, 0.4) is 0 Å². The quantitative estimate of drug-likeness (QED) is 0.683. The third kappa shape index (κ3) is 2.92. The summed E-state index contributed by atoms with van der Waals surface area (Å²) in [4.78, 5) is 15.2. The van der Waals surface area contributed by atoms with E-state index in [1.807, 2.05) is 0 Å². The molecule has 1 aromatic carbocycles. The lowest BCUT2D eigenvalue weighted by Gasteiger charge is -2.22. The van der Waals surface area contributed by atoms with Crippen molar-refractivity contribution in [2.24, 2.45) is 0 Å². The predicted octanol–water partition coefficient (Wildman–Crippen LogP) is 3.96. The third-order valence-electron chi connectivity index (χ3n) is 3.81. The van der Waals surface area contributed by atoms with Gasteiger partial charge in [-0.05, 0) is 12.8 Å². The van der Waals surface area contributed by atoms with Crippen LogP contribution in [-0.2, 0) is 0 Å². The first-order chi connectivity index (χ1) is 10.2. The molecule has 0 unspecified atom stereocenters. The van der Waals surface area contributed by atoms with Crippen molar-refractivity contribution in [2.75, 3.05) is 12.4 Å². The van der Waals surface area contributed by atoms with Gasteiger partial charge in [0.15, 0.2) is 10.6 Å². The molecule has 1 heterocycles. The highest BCUT2D eigenvalue weighted by atomic mass is 32.1. The Morgan fingerprint density at radius 3 is 2.81 bits per heavy atom. The van der Waals surface area contributed by atoms with Gasteiger partial charge in [-0.1, -0.05) is 30.6 Å². The number of anilines is 1. The van der Waals surface area contributed by atoms with Crippen molar-refractivity contribution in [1.29, 1.82) is 0 Å². The first kappa shape index (κ1) is 14.1. The Balaban J connectivity index is 1.94. The molecule has 1 fully saturated rings. The summed E-state index contributed by atoms with van der Waals surface area (Å²) in [5, 5.41) is 15.4. The van der Waals surface area contributed by atoms with Gasteiger partial charge in [-0.25, -0.2) is 4.98 Å². The van der Waals surface area contributed by atoms with Crippen molar-refractivity contribution >= 4 is 32.4 Å². The summed E-state index contributed by atoms with van der Waals surface area (Å²) in [6.07, 6.45) is 6.04. The van der Waals surface area contributed by atoms with E-state index in [0.717, 1.165) is 22.7 Å². The minimum atomic E-state index is -0.408. The first-order valence-corrected chi connectivity index (χ1v) is 7.88. The molecule has 0 bridgehead atoms. The molecule has 3 rings (SSSR count). The van der Waals surface area contributed by atoms with Gasteiger partial charge in [0.1, 0.15) is 5.75 Å². The fourth-order valence-corrected chi connectivity index (χ4v) is 3.72. The van der Waals surface area contributed by atoms with E-state index >= 15 is 0 Å². The molecule has 0 spiro atoms. The smallest absolute Gasteiger partial charge is 0.300 e. The molecule has 6 nitrogen and oxygen atoms in total. The van der Waals surface area contributed by atoms with Crippen molar-refractivity contribution in [3.05, 3.63) is 22.2 Å². The van der Waals surface area contributed by atoms with Crippen LogP contribution in [0.5, 0.6) is 5.75 Å².